The van der Waals surface area contributed by atoms with E-state index >= 15 is 0 Å². The highest BCUT2D eigenvalue weighted by Crippen LogP contribution is 2.62. The Labute approximate surface area is 254 Å². The molecule has 1 N–H and O–H groups in total. The van der Waals surface area contributed by atoms with Crippen molar-refractivity contribution in [3.8, 4) is 17.6 Å². The van der Waals surface area contributed by atoms with E-state index in [2.05, 4.69) is 5.32 Å². The van der Waals surface area contributed by atoms with Gasteiger partial charge in [-0.25, -0.2) is 0 Å². The van der Waals surface area contributed by atoms with Gasteiger partial charge in [0.2, 0.25) is 5.91 Å². The number of methoxy groups -OCH3 is 1. The molecule has 4 atom stereocenters. The molecule has 3 heterocycles. The van der Waals surface area contributed by atoms with Gasteiger partial charge in [-0.1, -0.05) is 42.5 Å². The molecule has 3 aliphatic rings. The third-order valence-corrected chi connectivity index (χ3v) is 8.94. The van der Waals surface area contributed by atoms with E-state index in [1.165, 1.54) is 0 Å². The van der Waals surface area contributed by atoms with Crippen LogP contribution in [0, 0.1) is 17.2 Å². The van der Waals surface area contributed by atoms with Crippen molar-refractivity contribution >= 4 is 29.2 Å². The molecule has 0 unspecified atom stereocenters. The number of nitrogens with one attached hydrogen (secondary N) is 1. The number of carbonyl (C=O) groups excluding carboxylic acids is 3. The Morgan fingerprint density at radius 1 is 0.886 bits per heavy atom. The summed E-state index contributed by atoms with van der Waals surface area (Å²) >= 11 is 0. The summed E-state index contributed by atoms with van der Waals surface area (Å²) in [6.45, 7) is -0.128. The zero-order chi connectivity index (χ0) is 30.4. The average Bonchev–Trinajstić information content (AvgIpc) is 3.55. The van der Waals surface area contributed by atoms with Gasteiger partial charge in [0, 0.05) is 23.0 Å². The van der Waals surface area contributed by atoms with Crippen LogP contribution >= 0.6 is 0 Å². The number of Topliss-reactive ketones (excluding diaryl/α,β-unsaturated/α-hetero) is 2. The van der Waals surface area contributed by atoms with Gasteiger partial charge in [-0.05, 0) is 77.4 Å². The molecule has 1 amide bonds. The van der Waals surface area contributed by atoms with Gasteiger partial charge in [0.05, 0.1) is 19.1 Å². The van der Waals surface area contributed by atoms with Crippen molar-refractivity contribution in [2.24, 2.45) is 5.92 Å². The Morgan fingerprint density at radius 3 is 2.27 bits per heavy atom. The number of benzene rings is 4. The number of anilines is 1. The summed E-state index contributed by atoms with van der Waals surface area (Å²) in [6.07, 6.45) is 3.78. The number of carbonyl (C=O) groups is 3. The van der Waals surface area contributed by atoms with Gasteiger partial charge in [0.25, 0.3) is 0 Å². The molecule has 0 bridgehead atoms. The summed E-state index contributed by atoms with van der Waals surface area (Å²) in [5, 5.41) is 12.0. The summed E-state index contributed by atoms with van der Waals surface area (Å²) in [4.78, 5) is 46.0. The number of nitriles is 1. The van der Waals surface area contributed by atoms with Gasteiger partial charge in [-0.2, -0.15) is 5.26 Å². The van der Waals surface area contributed by atoms with Crippen molar-refractivity contribution in [2.45, 2.75) is 17.5 Å². The van der Waals surface area contributed by atoms with E-state index in [1.54, 1.807) is 55.6 Å². The minimum absolute atomic E-state index is 0.128. The van der Waals surface area contributed by atoms with E-state index in [0.29, 0.717) is 33.9 Å². The molecule has 4 aromatic carbocycles. The number of rotatable bonds is 7. The summed E-state index contributed by atoms with van der Waals surface area (Å²) in [7, 11) is 1.56. The molecule has 0 saturated carbocycles. The summed E-state index contributed by atoms with van der Waals surface area (Å²) in [5.41, 5.74) is 2.42. The molecule has 1 saturated heterocycles. The van der Waals surface area contributed by atoms with Crippen LogP contribution in [0.2, 0.25) is 0 Å². The average molecular weight is 582 g/mol. The normalized spacial score (nSPS) is 22.4. The molecule has 216 valence electrons. The predicted molar refractivity (Wildman–Crippen MR) is 163 cm³/mol. The monoisotopic (exact) mass is 581 g/mol. The fourth-order valence-corrected chi connectivity index (χ4v) is 7.10. The van der Waals surface area contributed by atoms with Crippen LogP contribution in [0.3, 0.4) is 0 Å². The molecule has 8 nitrogen and oxygen atoms in total. The lowest BCUT2D eigenvalue weighted by molar-refractivity contribution is -0.122. The summed E-state index contributed by atoms with van der Waals surface area (Å²) < 4.78 is 10.7. The quantitative estimate of drug-likeness (QED) is 0.284. The maximum absolute atomic E-state index is 14.9. The highest BCUT2D eigenvalue weighted by molar-refractivity contribution is 6.16. The van der Waals surface area contributed by atoms with Crippen LogP contribution in [0.5, 0.6) is 11.5 Å². The number of fused-ring (bicyclic) bond motifs is 6. The number of para-hydroxylation sites is 1. The van der Waals surface area contributed by atoms with Crippen molar-refractivity contribution in [1.29, 1.82) is 5.26 Å². The van der Waals surface area contributed by atoms with Crippen LogP contribution in [-0.4, -0.2) is 42.1 Å². The van der Waals surface area contributed by atoms with Crippen LogP contribution < -0.4 is 14.8 Å². The maximum atomic E-state index is 14.9. The standard InChI is InChI=1S/C36H27N3O5/c1-43-25-14-10-24(11-15-25)33(41)31-30(32(40)23-12-16-26(17-13-23)44-21-19-37)36(28-8-4-5-9-29(28)38-35(36)42)34-27-7-3-2-6-22(27)18-20-39(31)34/h2-18,20,30-31,34H,21H2,1H3,(H,38,42)/t30-,31+,34+,36-/m0/s1. The molecular weight excluding hydrogens is 554 g/mol. The van der Waals surface area contributed by atoms with Crippen molar-refractivity contribution in [2.75, 3.05) is 19.0 Å². The lowest BCUT2D eigenvalue weighted by atomic mass is 9.62. The topological polar surface area (TPSA) is 109 Å². The lowest BCUT2D eigenvalue weighted by Crippen LogP contribution is -2.49. The van der Waals surface area contributed by atoms with Crippen LogP contribution in [-0.2, 0) is 10.2 Å². The predicted octanol–water partition coefficient (Wildman–Crippen LogP) is 5.58. The minimum atomic E-state index is -1.42. The smallest absolute Gasteiger partial charge is 0.238 e. The first kappa shape index (κ1) is 27.2. The van der Waals surface area contributed by atoms with E-state index in [4.69, 9.17) is 14.7 Å². The molecule has 4 aromatic rings. The van der Waals surface area contributed by atoms with E-state index < -0.39 is 23.4 Å². The van der Waals surface area contributed by atoms with E-state index in [9.17, 15) is 14.4 Å². The number of ketones is 2. The summed E-state index contributed by atoms with van der Waals surface area (Å²) in [5.74, 6) is -0.986. The minimum Gasteiger partial charge on any atom is -0.497 e. The second kappa shape index (κ2) is 10.5. The molecule has 0 aromatic heterocycles. The third-order valence-electron chi connectivity index (χ3n) is 8.94. The molecule has 0 aliphatic carbocycles. The number of hydrogen-bond acceptors (Lipinski definition) is 7. The number of amides is 1. The highest BCUT2D eigenvalue weighted by atomic mass is 16.5. The fourth-order valence-electron chi connectivity index (χ4n) is 7.10. The Hall–Kier alpha value is -5.68. The van der Waals surface area contributed by atoms with Gasteiger partial charge in [-0.3, -0.25) is 14.4 Å². The van der Waals surface area contributed by atoms with Crippen LogP contribution in [0.1, 0.15) is 43.4 Å². The number of hydrogen-bond donors (Lipinski definition) is 1. The second-order valence-electron chi connectivity index (χ2n) is 11.0. The second-order valence-corrected chi connectivity index (χ2v) is 11.0. The van der Waals surface area contributed by atoms with Crippen LogP contribution in [0.15, 0.2) is 103 Å². The third kappa shape index (κ3) is 3.93. The van der Waals surface area contributed by atoms with Gasteiger partial charge in [0.1, 0.15) is 29.0 Å². The Morgan fingerprint density at radius 2 is 1.55 bits per heavy atom. The first-order chi connectivity index (χ1) is 21.5. The molecule has 44 heavy (non-hydrogen) atoms. The molecule has 3 aliphatic heterocycles. The van der Waals surface area contributed by atoms with E-state index in [1.807, 2.05) is 71.8 Å². The van der Waals surface area contributed by atoms with E-state index in [-0.39, 0.29) is 24.1 Å². The van der Waals surface area contributed by atoms with Crippen LogP contribution in [0.25, 0.3) is 6.08 Å². The largest absolute Gasteiger partial charge is 0.497 e. The van der Waals surface area contributed by atoms with Gasteiger partial charge in [-0.15, -0.1) is 0 Å². The molecular formula is C36H27N3O5. The van der Waals surface area contributed by atoms with Gasteiger partial charge < -0.3 is 19.7 Å². The maximum Gasteiger partial charge on any atom is 0.238 e. The Bertz CT molecular complexity index is 1880. The Balaban J connectivity index is 1.46. The molecule has 8 heteroatoms. The molecule has 1 spiro atoms. The Kier molecular flexibility index (Phi) is 6.51. The van der Waals surface area contributed by atoms with Gasteiger partial charge in [0.15, 0.2) is 18.2 Å². The highest BCUT2D eigenvalue weighted by Gasteiger charge is 2.70. The van der Waals surface area contributed by atoms with Crippen molar-refractivity contribution in [3.05, 3.63) is 131 Å². The SMILES string of the molecule is COc1ccc(C(=O)[C@H]2[C@@H](C(=O)c3ccc(OCC#N)cc3)[C@]3(C(=O)Nc4ccccc43)[C@H]3c4ccccc4C=CN23)cc1. The lowest BCUT2D eigenvalue weighted by Gasteiger charge is -2.38. The zero-order valence-corrected chi connectivity index (χ0v) is 23.8. The van der Waals surface area contributed by atoms with Crippen molar-refractivity contribution in [3.63, 3.8) is 0 Å². The van der Waals surface area contributed by atoms with Crippen molar-refractivity contribution in [1.82, 2.24) is 4.90 Å². The number of ether oxygens (including phenoxy) is 2. The van der Waals surface area contributed by atoms with Crippen molar-refractivity contribution < 1.29 is 23.9 Å². The van der Waals surface area contributed by atoms with Crippen LogP contribution in [0.4, 0.5) is 5.69 Å². The van der Waals surface area contributed by atoms with E-state index in [0.717, 1.165) is 11.1 Å². The molecule has 7 rings (SSSR count). The first-order valence-corrected chi connectivity index (χ1v) is 14.3. The number of nitrogens with zero attached hydrogens (tertiary/aromatic N) is 2. The zero-order valence-electron chi connectivity index (χ0n) is 23.8. The molecule has 0 radical (unpaired) electrons. The molecule has 1 fully saturated rings. The first-order valence-electron chi connectivity index (χ1n) is 14.3. The van der Waals surface area contributed by atoms with Gasteiger partial charge >= 0.3 is 0 Å². The summed E-state index contributed by atoms with van der Waals surface area (Å²) in [6, 6.07) is 28.8. The fraction of sp³-hybridized carbons (Fsp3) is 0.167.